The minimum absolute atomic E-state index is 0.0109. The molecule has 1 aromatic rings. The molecule has 0 bridgehead atoms. The number of thioether (sulfide) groups is 1. The number of hydrogen-bond donors (Lipinski definition) is 2. The van der Waals surface area contributed by atoms with E-state index in [2.05, 4.69) is 5.32 Å². The van der Waals surface area contributed by atoms with E-state index in [1.165, 1.54) is 22.7 Å². The minimum atomic E-state index is -3.21. The fourth-order valence-electron chi connectivity index (χ4n) is 3.83. The summed E-state index contributed by atoms with van der Waals surface area (Å²) in [6, 6.07) is 6.25. The number of carbonyl (C=O) groups excluding carboxylic acids is 2. The number of ether oxygens (including phenoxy) is 1. The number of nitrogens with two attached hydrogens (primary N) is 1. The molecule has 4 rings (SSSR count). The first-order valence-corrected chi connectivity index (χ1v) is 11.0. The second-order valence-electron chi connectivity index (χ2n) is 7.48. The molecule has 1 aliphatic carbocycles. The van der Waals surface area contributed by atoms with Gasteiger partial charge in [0.1, 0.15) is 12.1 Å². The fourth-order valence-corrected chi connectivity index (χ4v) is 4.51. The number of allylic oxidation sites excluding steroid dienone is 1. The average Bonchev–Trinajstić information content (AvgIpc) is 3.30. The number of benzene rings is 1. The maximum atomic E-state index is 14.9. The molecule has 0 saturated carbocycles. The fraction of sp³-hybridized carbons (Fsp3) is 0.364. The van der Waals surface area contributed by atoms with Crippen molar-refractivity contribution < 1.29 is 23.1 Å². The highest BCUT2D eigenvalue weighted by atomic mass is 32.2. The Labute approximate surface area is 183 Å². The Balaban J connectivity index is 1.30. The van der Waals surface area contributed by atoms with Crippen molar-refractivity contribution in [2.75, 3.05) is 19.8 Å². The second-order valence-corrected chi connectivity index (χ2v) is 8.50. The molecule has 0 fully saturated rings. The van der Waals surface area contributed by atoms with E-state index in [9.17, 15) is 18.4 Å². The zero-order valence-corrected chi connectivity index (χ0v) is 17.6. The van der Waals surface area contributed by atoms with Crippen LogP contribution in [-0.2, 0) is 20.2 Å². The van der Waals surface area contributed by atoms with Crippen LogP contribution in [0.5, 0.6) is 0 Å². The van der Waals surface area contributed by atoms with Gasteiger partial charge in [0.15, 0.2) is 0 Å². The molecule has 3 N–H and O–H groups in total. The molecule has 2 amide bonds. The minimum Gasteiger partial charge on any atom is -0.375 e. The molecule has 0 spiro atoms. The summed E-state index contributed by atoms with van der Waals surface area (Å²) >= 11 is 1.32. The van der Waals surface area contributed by atoms with Gasteiger partial charge in [-0.25, -0.2) is 0 Å². The Kier molecular flexibility index (Phi) is 6.27. The van der Waals surface area contributed by atoms with Crippen molar-refractivity contribution in [2.45, 2.75) is 30.7 Å². The van der Waals surface area contributed by atoms with Crippen molar-refractivity contribution in [3.63, 3.8) is 0 Å². The van der Waals surface area contributed by atoms with E-state index in [4.69, 9.17) is 10.5 Å². The first-order chi connectivity index (χ1) is 14.9. The lowest BCUT2D eigenvalue weighted by Crippen LogP contribution is -2.33. The third-order valence-electron chi connectivity index (χ3n) is 5.34. The van der Waals surface area contributed by atoms with Crippen molar-refractivity contribution in [3.8, 4) is 0 Å². The number of alkyl halides is 2. The van der Waals surface area contributed by atoms with Gasteiger partial charge in [-0.2, -0.15) is 8.78 Å². The van der Waals surface area contributed by atoms with Crippen molar-refractivity contribution in [2.24, 2.45) is 5.73 Å². The molecule has 1 unspecified atom stereocenters. The smallest absolute Gasteiger partial charge is 0.296 e. The molecule has 0 aromatic heterocycles. The van der Waals surface area contributed by atoms with Gasteiger partial charge >= 0.3 is 0 Å². The summed E-state index contributed by atoms with van der Waals surface area (Å²) in [7, 11) is 0. The van der Waals surface area contributed by atoms with Crippen LogP contribution in [0.4, 0.5) is 8.78 Å². The molecule has 2 heterocycles. The van der Waals surface area contributed by atoms with Crippen LogP contribution < -0.4 is 11.1 Å². The summed E-state index contributed by atoms with van der Waals surface area (Å²) in [5, 5.41) is 4.70. The number of hydrogen-bond acceptors (Lipinski definition) is 6. The zero-order chi connectivity index (χ0) is 22.0. The lowest BCUT2D eigenvalue weighted by molar-refractivity contribution is -0.138. The van der Waals surface area contributed by atoms with E-state index >= 15 is 0 Å². The molecule has 9 heteroatoms. The summed E-state index contributed by atoms with van der Waals surface area (Å²) in [5.41, 5.74) is 7.21. The zero-order valence-electron chi connectivity index (χ0n) is 16.8. The first kappa shape index (κ1) is 21.7. The van der Waals surface area contributed by atoms with Crippen LogP contribution in [0.1, 0.15) is 30.4 Å². The molecule has 164 valence electrons. The Hall–Kier alpha value is -2.49. The van der Waals surface area contributed by atoms with Crippen LogP contribution in [0.2, 0.25) is 0 Å². The molecular formula is C22H23F2N3O3S. The Morgan fingerprint density at radius 2 is 2.06 bits per heavy atom. The van der Waals surface area contributed by atoms with Crippen molar-refractivity contribution in [1.29, 1.82) is 0 Å². The van der Waals surface area contributed by atoms with E-state index in [0.717, 1.165) is 6.42 Å². The maximum absolute atomic E-state index is 14.9. The summed E-state index contributed by atoms with van der Waals surface area (Å²) in [4.78, 5) is 25.9. The van der Waals surface area contributed by atoms with E-state index in [1.54, 1.807) is 29.7 Å². The topological polar surface area (TPSA) is 84.7 Å². The molecule has 1 aromatic carbocycles. The van der Waals surface area contributed by atoms with E-state index in [1.807, 2.05) is 6.08 Å². The number of halogens is 2. The number of nitrogens with zero attached hydrogens (tertiary/aromatic N) is 1. The van der Waals surface area contributed by atoms with Crippen LogP contribution in [0.15, 0.2) is 53.0 Å². The lowest BCUT2D eigenvalue weighted by atomic mass is 10.00. The molecule has 31 heavy (non-hydrogen) atoms. The van der Waals surface area contributed by atoms with Crippen LogP contribution >= 0.6 is 11.8 Å². The molecular weight excluding hydrogens is 424 g/mol. The summed E-state index contributed by atoms with van der Waals surface area (Å²) in [5.74, 6) is -3.80. The second kappa shape index (κ2) is 8.94. The molecule has 2 aliphatic heterocycles. The van der Waals surface area contributed by atoms with Crippen LogP contribution in [0.3, 0.4) is 0 Å². The number of carbonyl (C=O) groups is 2. The quantitative estimate of drug-likeness (QED) is 0.471. The van der Waals surface area contributed by atoms with Gasteiger partial charge in [-0.05, 0) is 24.7 Å². The third kappa shape index (κ3) is 4.44. The predicted octanol–water partition coefficient (Wildman–Crippen LogP) is 3.08. The third-order valence-corrected chi connectivity index (χ3v) is 6.13. The van der Waals surface area contributed by atoms with Gasteiger partial charge in [-0.15, -0.1) is 0 Å². The summed E-state index contributed by atoms with van der Waals surface area (Å²) in [6.07, 6.45) is 5.15. The molecule has 1 atom stereocenters. The van der Waals surface area contributed by atoms with E-state index in [0.29, 0.717) is 28.8 Å². The largest absolute Gasteiger partial charge is 0.375 e. The average molecular weight is 448 g/mol. The number of rotatable bonds is 8. The Bertz CT molecular complexity index is 990. The van der Waals surface area contributed by atoms with E-state index in [-0.39, 0.29) is 42.4 Å². The normalized spacial score (nSPS) is 20.9. The molecule has 0 saturated heterocycles. The molecule has 0 radical (unpaired) electrons. The van der Waals surface area contributed by atoms with Crippen LogP contribution in [0.25, 0.3) is 5.70 Å². The SMILES string of the molecule is NC1NC(c2ccccc2C(F)(F)COCCCN2C(=O)C3=C(CCC=C3)C2=O)=CS1. The van der Waals surface area contributed by atoms with Gasteiger partial charge in [0.2, 0.25) is 0 Å². The van der Waals surface area contributed by atoms with Gasteiger partial charge in [-0.3, -0.25) is 14.5 Å². The summed E-state index contributed by atoms with van der Waals surface area (Å²) < 4.78 is 35.0. The predicted molar refractivity (Wildman–Crippen MR) is 115 cm³/mol. The van der Waals surface area contributed by atoms with Gasteiger partial charge < -0.3 is 15.8 Å². The van der Waals surface area contributed by atoms with Gasteiger partial charge in [0.25, 0.3) is 17.7 Å². The highest BCUT2D eigenvalue weighted by molar-refractivity contribution is 8.03. The van der Waals surface area contributed by atoms with Gasteiger partial charge in [0.05, 0.1) is 5.70 Å². The van der Waals surface area contributed by atoms with Gasteiger partial charge in [-0.1, -0.05) is 48.2 Å². The molecule has 6 nitrogen and oxygen atoms in total. The van der Waals surface area contributed by atoms with E-state index < -0.39 is 12.5 Å². The Morgan fingerprint density at radius 3 is 2.81 bits per heavy atom. The van der Waals surface area contributed by atoms with Crippen LogP contribution in [0, 0.1) is 0 Å². The molecule has 3 aliphatic rings. The van der Waals surface area contributed by atoms with Crippen molar-refractivity contribution >= 4 is 29.3 Å². The van der Waals surface area contributed by atoms with Crippen LogP contribution in [-0.4, -0.2) is 42.0 Å². The van der Waals surface area contributed by atoms with Gasteiger partial charge in [0, 0.05) is 35.4 Å². The number of nitrogens with one attached hydrogen (secondary N) is 1. The lowest BCUT2D eigenvalue weighted by Gasteiger charge is -2.21. The highest BCUT2D eigenvalue weighted by Crippen LogP contribution is 2.36. The number of amides is 2. The standard InChI is InChI=1S/C22H23F2N3O3S/c23-22(24,17-9-4-3-8-16(17)18-12-31-21(25)26-18)13-30-11-5-10-27-19(28)14-6-1-2-7-15(14)20(27)29/h1,3-4,6,8-9,12,21,26H,2,5,7,10-11,13,25H2. The first-order valence-electron chi connectivity index (χ1n) is 10.1. The number of imide groups is 1. The maximum Gasteiger partial charge on any atom is 0.296 e. The summed E-state index contributed by atoms with van der Waals surface area (Å²) in [6.45, 7) is -0.639. The monoisotopic (exact) mass is 447 g/mol. The highest BCUT2D eigenvalue weighted by Gasteiger charge is 2.38. The van der Waals surface area contributed by atoms with Crippen molar-refractivity contribution in [1.82, 2.24) is 10.2 Å². The van der Waals surface area contributed by atoms with Crippen molar-refractivity contribution in [3.05, 3.63) is 64.1 Å². The Morgan fingerprint density at radius 1 is 1.26 bits per heavy atom.